The van der Waals surface area contributed by atoms with Crippen molar-refractivity contribution in [3.63, 3.8) is 0 Å². The molecule has 1 fully saturated rings. The fourth-order valence-electron chi connectivity index (χ4n) is 5.96. The number of nitrogens with one attached hydrogen (secondary N) is 2. The molecule has 1 aliphatic rings. The molecule has 0 radical (unpaired) electrons. The normalized spacial score (nSPS) is 19.2. The summed E-state index contributed by atoms with van der Waals surface area (Å²) in [7, 11) is 6.45. The molecule has 3 N–H and O–H groups in total. The molecule has 1 unspecified atom stereocenters. The van der Waals surface area contributed by atoms with Crippen LogP contribution in [0, 0.1) is 17.7 Å². The molecule has 1 saturated heterocycles. The summed E-state index contributed by atoms with van der Waals surface area (Å²) in [6.07, 6.45) is 0.943. The van der Waals surface area contributed by atoms with E-state index in [9.17, 15) is 28.7 Å². The zero-order valence-corrected chi connectivity index (χ0v) is 26.5. The number of methoxy groups -OCH3 is 2. The summed E-state index contributed by atoms with van der Waals surface area (Å²) < 4.78 is 24.9. The third-order valence-corrected chi connectivity index (χ3v) is 8.60. The number of ether oxygens (including phenoxy) is 2. The van der Waals surface area contributed by atoms with Crippen LogP contribution in [0.5, 0.6) is 0 Å². The summed E-state index contributed by atoms with van der Waals surface area (Å²) in [6.45, 7) is 6.37. The van der Waals surface area contributed by atoms with Crippen molar-refractivity contribution in [2.45, 2.75) is 83.2 Å². The van der Waals surface area contributed by atoms with Gasteiger partial charge in [0.25, 0.3) is 0 Å². The molecule has 0 bridgehead atoms. The SMILES string of the molecule is CC[C@H](C)[C@@H](C(CC(=O)N1CCC[C@H]1[C@H](OC)[C@@H](C)C(=O)N[C@@H](Cc1ccc(F)cc1)C(=O)O)OC)N(C)C(=O)CNC. The van der Waals surface area contributed by atoms with E-state index in [4.69, 9.17) is 9.47 Å². The maximum atomic E-state index is 13.7. The molecule has 3 amide bonds. The van der Waals surface area contributed by atoms with Crippen LogP contribution in [0.15, 0.2) is 24.3 Å². The van der Waals surface area contributed by atoms with Crippen molar-refractivity contribution in [3.8, 4) is 0 Å². The molecular formula is C31H49FN4O7. The second kappa shape index (κ2) is 17.3. The Morgan fingerprint density at radius 2 is 1.79 bits per heavy atom. The summed E-state index contributed by atoms with van der Waals surface area (Å²) in [5.74, 6) is -3.12. The van der Waals surface area contributed by atoms with Gasteiger partial charge < -0.3 is 35.0 Å². The van der Waals surface area contributed by atoms with Gasteiger partial charge in [-0.3, -0.25) is 14.4 Å². The Kier molecular flexibility index (Phi) is 14.5. The highest BCUT2D eigenvalue weighted by molar-refractivity contribution is 5.85. The predicted molar refractivity (Wildman–Crippen MR) is 160 cm³/mol. The van der Waals surface area contributed by atoms with E-state index in [2.05, 4.69) is 10.6 Å². The van der Waals surface area contributed by atoms with Crippen LogP contribution in [0.2, 0.25) is 0 Å². The number of carbonyl (C=O) groups is 4. The van der Waals surface area contributed by atoms with Gasteiger partial charge in [-0.05, 0) is 43.5 Å². The Labute approximate surface area is 254 Å². The lowest BCUT2D eigenvalue weighted by molar-refractivity contribution is -0.146. The number of halogens is 1. The van der Waals surface area contributed by atoms with Gasteiger partial charge in [-0.25, -0.2) is 9.18 Å². The second-order valence-electron chi connectivity index (χ2n) is 11.4. The summed E-state index contributed by atoms with van der Waals surface area (Å²) in [6, 6.07) is 3.50. The van der Waals surface area contributed by atoms with Gasteiger partial charge in [0, 0.05) is 34.2 Å². The molecule has 43 heavy (non-hydrogen) atoms. The predicted octanol–water partition coefficient (Wildman–Crippen LogP) is 2.08. The van der Waals surface area contributed by atoms with Crippen LogP contribution in [-0.4, -0.2) is 110 Å². The average Bonchev–Trinajstić information content (AvgIpc) is 3.47. The molecule has 0 saturated carbocycles. The first-order valence-electron chi connectivity index (χ1n) is 14.9. The summed E-state index contributed by atoms with van der Waals surface area (Å²) in [5, 5.41) is 15.2. The lowest BCUT2D eigenvalue weighted by Crippen LogP contribution is -2.54. The van der Waals surface area contributed by atoms with Crippen LogP contribution in [0.25, 0.3) is 0 Å². The first-order valence-corrected chi connectivity index (χ1v) is 14.9. The number of benzene rings is 1. The molecule has 1 heterocycles. The molecule has 242 valence electrons. The number of amides is 3. The van der Waals surface area contributed by atoms with Gasteiger partial charge in [-0.15, -0.1) is 0 Å². The number of carboxylic acid groups (broad SMARTS) is 1. The number of carboxylic acids is 1. The Bertz CT molecular complexity index is 1070. The van der Waals surface area contributed by atoms with Crippen molar-refractivity contribution in [2.24, 2.45) is 11.8 Å². The molecule has 12 heteroatoms. The topological polar surface area (TPSA) is 138 Å². The van der Waals surface area contributed by atoms with Crippen molar-refractivity contribution in [1.82, 2.24) is 20.4 Å². The van der Waals surface area contributed by atoms with Gasteiger partial charge in [-0.2, -0.15) is 0 Å². The van der Waals surface area contributed by atoms with Gasteiger partial charge in [0.1, 0.15) is 11.9 Å². The van der Waals surface area contributed by atoms with Crippen molar-refractivity contribution in [3.05, 3.63) is 35.6 Å². The zero-order valence-electron chi connectivity index (χ0n) is 26.5. The zero-order chi connectivity index (χ0) is 32.3. The molecule has 1 aromatic carbocycles. The smallest absolute Gasteiger partial charge is 0.326 e. The van der Waals surface area contributed by atoms with Crippen LogP contribution >= 0.6 is 0 Å². The highest BCUT2D eigenvalue weighted by Gasteiger charge is 2.42. The summed E-state index contributed by atoms with van der Waals surface area (Å²) >= 11 is 0. The first-order chi connectivity index (χ1) is 20.4. The van der Waals surface area contributed by atoms with Gasteiger partial charge in [0.15, 0.2) is 0 Å². The maximum absolute atomic E-state index is 13.7. The first kappa shape index (κ1) is 36.1. The van der Waals surface area contributed by atoms with Crippen LogP contribution < -0.4 is 10.6 Å². The van der Waals surface area contributed by atoms with E-state index in [1.54, 1.807) is 37.9 Å². The summed E-state index contributed by atoms with van der Waals surface area (Å²) in [4.78, 5) is 55.0. The van der Waals surface area contributed by atoms with E-state index in [0.29, 0.717) is 18.5 Å². The Morgan fingerprint density at radius 1 is 1.14 bits per heavy atom. The highest BCUT2D eigenvalue weighted by Crippen LogP contribution is 2.29. The standard InChI is InChI=1S/C31H49FN4O7/c1-8-19(2)28(35(5)27(38)18-33-4)25(42-6)17-26(37)36-15-9-10-24(36)29(43-7)20(3)30(39)34-23(31(40)41)16-21-11-13-22(32)14-12-21/h11-14,19-20,23-25,28-29,33H,8-10,15-18H2,1-7H3,(H,34,39)(H,40,41)/t19-,20+,23-,24-,25?,28-,29+/m0/s1. The van der Waals surface area contributed by atoms with E-state index in [0.717, 1.165) is 12.8 Å². The van der Waals surface area contributed by atoms with Crippen molar-refractivity contribution < 1.29 is 38.1 Å². The Balaban J connectivity index is 2.17. The van der Waals surface area contributed by atoms with Crippen molar-refractivity contribution >= 4 is 23.7 Å². The van der Waals surface area contributed by atoms with Crippen molar-refractivity contribution in [1.29, 1.82) is 0 Å². The average molecular weight is 609 g/mol. The number of likely N-dealkylation sites (tertiary alicyclic amines) is 1. The molecule has 1 aromatic rings. The lowest BCUT2D eigenvalue weighted by Gasteiger charge is -2.39. The van der Waals surface area contributed by atoms with Crippen LogP contribution in [0.3, 0.4) is 0 Å². The number of hydrogen-bond acceptors (Lipinski definition) is 7. The second-order valence-corrected chi connectivity index (χ2v) is 11.4. The van der Waals surface area contributed by atoms with Crippen molar-refractivity contribution in [2.75, 3.05) is 41.4 Å². The number of rotatable bonds is 17. The molecule has 0 aliphatic carbocycles. The van der Waals surface area contributed by atoms with Crippen LogP contribution in [0.4, 0.5) is 4.39 Å². The Morgan fingerprint density at radius 3 is 2.33 bits per heavy atom. The maximum Gasteiger partial charge on any atom is 0.326 e. The van der Waals surface area contributed by atoms with Crippen LogP contribution in [0.1, 0.15) is 52.0 Å². The van der Waals surface area contributed by atoms with Gasteiger partial charge in [-0.1, -0.05) is 39.3 Å². The van der Waals surface area contributed by atoms with Gasteiger partial charge in [0.05, 0.1) is 43.2 Å². The number of hydrogen-bond donors (Lipinski definition) is 3. The molecular weight excluding hydrogens is 559 g/mol. The van der Waals surface area contributed by atoms with E-state index >= 15 is 0 Å². The van der Waals surface area contributed by atoms with E-state index < -0.39 is 47.9 Å². The number of carbonyl (C=O) groups excluding carboxylic acids is 3. The minimum Gasteiger partial charge on any atom is -0.480 e. The number of likely N-dealkylation sites (N-methyl/N-ethyl adjacent to an activating group) is 2. The number of aliphatic carboxylic acids is 1. The Hall–Kier alpha value is -3.09. The third-order valence-electron chi connectivity index (χ3n) is 8.60. The van der Waals surface area contributed by atoms with Gasteiger partial charge >= 0.3 is 5.97 Å². The minimum atomic E-state index is -1.22. The summed E-state index contributed by atoms with van der Waals surface area (Å²) in [5.41, 5.74) is 0.569. The molecule has 11 nitrogen and oxygen atoms in total. The molecule has 1 aliphatic heterocycles. The van der Waals surface area contributed by atoms with E-state index in [1.807, 2.05) is 13.8 Å². The highest BCUT2D eigenvalue weighted by atomic mass is 19.1. The third kappa shape index (κ3) is 9.70. The van der Waals surface area contributed by atoms with E-state index in [1.165, 1.54) is 31.4 Å². The molecule has 0 spiro atoms. The lowest BCUT2D eigenvalue weighted by atomic mass is 9.90. The monoisotopic (exact) mass is 608 g/mol. The quantitative estimate of drug-likeness (QED) is 0.245. The fourth-order valence-corrected chi connectivity index (χ4v) is 5.96. The number of nitrogens with zero attached hydrogens (tertiary/aromatic N) is 2. The minimum absolute atomic E-state index is 0.0131. The molecule has 0 aromatic heterocycles. The van der Waals surface area contributed by atoms with Gasteiger partial charge in [0.2, 0.25) is 17.7 Å². The van der Waals surface area contributed by atoms with Crippen LogP contribution in [-0.2, 0) is 35.1 Å². The molecule has 7 atom stereocenters. The molecule has 2 rings (SSSR count). The fraction of sp³-hybridized carbons (Fsp3) is 0.677. The van der Waals surface area contributed by atoms with E-state index in [-0.39, 0.29) is 43.2 Å². The largest absolute Gasteiger partial charge is 0.480 e.